The van der Waals surface area contributed by atoms with Crippen LogP contribution in [-0.4, -0.2) is 44.9 Å². The molecule has 0 atom stereocenters. The Hall–Kier alpha value is -2.32. The van der Waals surface area contributed by atoms with Gasteiger partial charge in [-0.15, -0.1) is 0 Å². The summed E-state index contributed by atoms with van der Waals surface area (Å²) in [4.78, 5) is 11.5. The molecule has 1 aromatic carbocycles. The molecule has 0 heterocycles. The normalized spacial score (nSPS) is 11.1. The second kappa shape index (κ2) is 9.98. The summed E-state index contributed by atoms with van der Waals surface area (Å²) in [7, 11) is -3.83. The Kier molecular flexibility index (Phi) is 8.34. The first-order chi connectivity index (χ1) is 12.3. The fourth-order valence-corrected chi connectivity index (χ4v) is 3.87. The van der Waals surface area contributed by atoms with Crippen LogP contribution in [0.5, 0.6) is 11.5 Å². The van der Waals surface area contributed by atoms with Crippen LogP contribution in [0.4, 0.5) is 5.69 Å². The first-order valence-corrected chi connectivity index (χ1v) is 9.68. The van der Waals surface area contributed by atoms with Gasteiger partial charge in [0.05, 0.1) is 5.69 Å². The van der Waals surface area contributed by atoms with Crippen molar-refractivity contribution in [2.45, 2.75) is 25.7 Å². The molecule has 0 aliphatic rings. The number of hydrogen-bond acceptors (Lipinski definition) is 5. The molecule has 1 rings (SSSR count). The molecule has 0 aliphatic heterocycles. The molecule has 0 radical (unpaired) electrons. The van der Waals surface area contributed by atoms with Crippen molar-refractivity contribution in [2.24, 2.45) is 0 Å². The van der Waals surface area contributed by atoms with Crippen molar-refractivity contribution < 1.29 is 22.7 Å². The zero-order valence-electron chi connectivity index (χ0n) is 15.4. The van der Waals surface area contributed by atoms with Gasteiger partial charge in [-0.25, -0.2) is 8.42 Å². The first kappa shape index (κ1) is 21.7. The molecule has 0 saturated carbocycles. The number of carbonyl (C=O) groups excluding carboxylic acids is 1. The van der Waals surface area contributed by atoms with Crippen molar-refractivity contribution in [2.75, 3.05) is 31.6 Å². The lowest BCUT2D eigenvalue weighted by Crippen LogP contribution is -2.31. The lowest BCUT2D eigenvalue weighted by Gasteiger charge is -2.22. The molecule has 0 bridgehead atoms. The summed E-state index contributed by atoms with van der Waals surface area (Å²) in [5.74, 6) is 0.149. The molecule has 7 nitrogen and oxygen atoms in total. The predicted octanol–water partition coefficient (Wildman–Crippen LogP) is 2.81. The highest BCUT2D eigenvalue weighted by atomic mass is 32.2. The predicted molar refractivity (Wildman–Crippen MR) is 102 cm³/mol. The van der Waals surface area contributed by atoms with Crippen molar-refractivity contribution >= 4 is 21.6 Å². The van der Waals surface area contributed by atoms with Gasteiger partial charge in [0.25, 0.3) is 0 Å². The van der Waals surface area contributed by atoms with E-state index in [0.29, 0.717) is 18.8 Å². The zero-order chi connectivity index (χ0) is 19.7. The van der Waals surface area contributed by atoms with Crippen molar-refractivity contribution in [1.29, 1.82) is 0 Å². The van der Waals surface area contributed by atoms with Crippen LogP contribution in [0.3, 0.4) is 0 Å². The molecule has 8 heteroatoms. The Morgan fingerprint density at radius 2 is 1.62 bits per heavy atom. The van der Waals surface area contributed by atoms with Gasteiger partial charge < -0.3 is 14.8 Å². The van der Waals surface area contributed by atoms with Crippen molar-refractivity contribution in [1.82, 2.24) is 4.31 Å². The van der Waals surface area contributed by atoms with E-state index in [1.807, 2.05) is 0 Å². The van der Waals surface area contributed by atoms with Gasteiger partial charge in [-0.3, -0.25) is 4.79 Å². The maximum Gasteiger partial charge on any atom is 0.245 e. The van der Waals surface area contributed by atoms with E-state index in [1.54, 1.807) is 19.9 Å². The Balaban J connectivity index is 3.60. The average molecular weight is 382 g/mol. The monoisotopic (exact) mass is 382 g/mol. The molecule has 0 unspecified atom stereocenters. The number of nitrogens with one attached hydrogen (secondary N) is 1. The summed E-state index contributed by atoms with van der Waals surface area (Å²) in [5, 5.41) is 2.56. The van der Waals surface area contributed by atoms with Crippen LogP contribution in [0.15, 0.2) is 42.3 Å². The summed E-state index contributed by atoms with van der Waals surface area (Å²) in [6.45, 7) is 12.9. The molecule has 0 saturated heterocycles. The lowest BCUT2D eigenvalue weighted by molar-refractivity contribution is -0.114. The Bertz CT molecular complexity index is 755. The van der Waals surface area contributed by atoms with Gasteiger partial charge >= 0.3 is 0 Å². The van der Waals surface area contributed by atoms with E-state index in [0.717, 1.165) is 0 Å². The van der Waals surface area contributed by atoms with E-state index < -0.39 is 15.9 Å². The van der Waals surface area contributed by atoms with Crippen LogP contribution in [0, 0.1) is 0 Å². The number of anilines is 1. The first-order valence-electron chi connectivity index (χ1n) is 8.24. The maximum absolute atomic E-state index is 13.0. The topological polar surface area (TPSA) is 84.9 Å². The van der Waals surface area contributed by atoms with Gasteiger partial charge in [0.15, 0.2) is 11.5 Å². The van der Waals surface area contributed by atoms with E-state index in [-0.39, 0.29) is 29.5 Å². The third kappa shape index (κ3) is 5.34. The molecule has 0 spiro atoms. The summed E-state index contributed by atoms with van der Waals surface area (Å²) >= 11 is 0. The second-order valence-corrected chi connectivity index (χ2v) is 7.17. The van der Waals surface area contributed by atoms with Gasteiger partial charge in [-0.05, 0) is 0 Å². The Labute approximate surface area is 155 Å². The van der Waals surface area contributed by atoms with Crippen molar-refractivity contribution in [3.63, 3.8) is 0 Å². The van der Waals surface area contributed by atoms with E-state index in [9.17, 15) is 13.2 Å². The van der Waals surface area contributed by atoms with Crippen molar-refractivity contribution in [3.05, 3.63) is 37.4 Å². The van der Waals surface area contributed by atoms with E-state index >= 15 is 0 Å². The lowest BCUT2D eigenvalue weighted by atomic mass is 10.2. The fraction of sp³-hybridized carbons (Fsp3) is 0.389. The molecule has 0 aromatic heterocycles. The number of carbonyl (C=O) groups is 1. The minimum absolute atomic E-state index is 0.0542. The van der Waals surface area contributed by atoms with Crippen LogP contribution in [0.1, 0.15) is 20.8 Å². The van der Waals surface area contributed by atoms with Crippen LogP contribution in [-0.2, 0) is 14.8 Å². The van der Waals surface area contributed by atoms with E-state index in [2.05, 4.69) is 18.5 Å². The molecule has 26 heavy (non-hydrogen) atoms. The summed E-state index contributed by atoms with van der Waals surface area (Å²) in [6.07, 6.45) is 3.09. The number of benzene rings is 1. The maximum atomic E-state index is 13.0. The summed E-state index contributed by atoms with van der Waals surface area (Å²) < 4.78 is 38.4. The second-order valence-electron chi connectivity index (χ2n) is 5.26. The molecular formula is C18H26N2O5S. The standard InChI is InChI=1S/C18H26N2O5S/c1-6-10-24-16-12-15(19-14(5)21)18(13-17(16)25-11-7-2)26(22,23)20(8-3)9-4/h6-7,12-13H,1-2,8-11H2,3-5H3,(H,19,21). The van der Waals surface area contributed by atoms with Crippen LogP contribution >= 0.6 is 0 Å². The van der Waals surface area contributed by atoms with Crippen molar-refractivity contribution in [3.8, 4) is 11.5 Å². The molecular weight excluding hydrogens is 356 g/mol. The van der Waals surface area contributed by atoms with Crippen LogP contribution in [0.2, 0.25) is 0 Å². The summed E-state index contributed by atoms with van der Waals surface area (Å²) in [6, 6.07) is 2.81. The molecule has 1 aromatic rings. The SMILES string of the molecule is C=CCOc1cc(NC(C)=O)c(S(=O)(=O)N(CC)CC)cc1OCC=C. The third-order valence-corrected chi connectivity index (χ3v) is 5.48. The van der Waals surface area contributed by atoms with Gasteiger partial charge in [0, 0.05) is 32.1 Å². The molecule has 144 valence electrons. The minimum Gasteiger partial charge on any atom is -0.486 e. The number of sulfonamides is 1. The fourth-order valence-electron chi connectivity index (χ4n) is 2.27. The van der Waals surface area contributed by atoms with Crippen LogP contribution < -0.4 is 14.8 Å². The zero-order valence-corrected chi connectivity index (χ0v) is 16.3. The molecule has 1 amide bonds. The van der Waals surface area contributed by atoms with Gasteiger partial charge in [0.1, 0.15) is 18.1 Å². The highest BCUT2D eigenvalue weighted by molar-refractivity contribution is 7.89. The quantitative estimate of drug-likeness (QED) is 0.595. The molecule has 1 N–H and O–H groups in total. The minimum atomic E-state index is -3.83. The number of amides is 1. The Morgan fingerprint density at radius 1 is 1.12 bits per heavy atom. The third-order valence-electron chi connectivity index (χ3n) is 3.39. The number of nitrogens with zero attached hydrogens (tertiary/aromatic N) is 1. The largest absolute Gasteiger partial charge is 0.486 e. The number of hydrogen-bond donors (Lipinski definition) is 1. The average Bonchev–Trinajstić information content (AvgIpc) is 2.58. The van der Waals surface area contributed by atoms with Gasteiger partial charge in [-0.1, -0.05) is 39.2 Å². The van der Waals surface area contributed by atoms with Crippen LogP contribution in [0.25, 0.3) is 0 Å². The molecule has 0 fully saturated rings. The highest BCUT2D eigenvalue weighted by Gasteiger charge is 2.27. The molecule has 0 aliphatic carbocycles. The van der Waals surface area contributed by atoms with Gasteiger partial charge in [0.2, 0.25) is 15.9 Å². The smallest absolute Gasteiger partial charge is 0.245 e. The van der Waals surface area contributed by atoms with Gasteiger partial charge in [-0.2, -0.15) is 4.31 Å². The summed E-state index contributed by atoms with van der Waals surface area (Å²) in [5.41, 5.74) is 0.134. The highest BCUT2D eigenvalue weighted by Crippen LogP contribution is 2.37. The number of rotatable bonds is 11. The Morgan fingerprint density at radius 3 is 2.04 bits per heavy atom. The van der Waals surface area contributed by atoms with E-state index in [1.165, 1.54) is 29.4 Å². The van der Waals surface area contributed by atoms with E-state index in [4.69, 9.17) is 9.47 Å². The number of ether oxygens (including phenoxy) is 2.